The molecule has 0 aromatic carbocycles. The van der Waals surface area contributed by atoms with Crippen LogP contribution in [-0.2, 0) is 15.9 Å². The van der Waals surface area contributed by atoms with Crippen molar-refractivity contribution < 1.29 is 9.47 Å². The summed E-state index contributed by atoms with van der Waals surface area (Å²) in [6.07, 6.45) is 8.46. The molecule has 4 heterocycles. The Morgan fingerprint density at radius 3 is 2.76 bits per heavy atom. The zero-order chi connectivity index (χ0) is 29.4. The van der Waals surface area contributed by atoms with Gasteiger partial charge in [0.05, 0.1) is 28.8 Å². The van der Waals surface area contributed by atoms with Crippen LogP contribution in [0.1, 0.15) is 70.0 Å². The number of hydrogen-bond acceptors (Lipinski definition) is 10. The topological polar surface area (TPSA) is 147 Å². The van der Waals surface area contributed by atoms with Crippen LogP contribution in [0.25, 0.3) is 11.3 Å². The first kappa shape index (κ1) is 30.3. The number of aromatic nitrogens is 6. The minimum atomic E-state index is -0.424. The van der Waals surface area contributed by atoms with E-state index >= 15 is 0 Å². The van der Waals surface area contributed by atoms with Crippen LogP contribution in [-0.4, -0.2) is 69.0 Å². The summed E-state index contributed by atoms with van der Waals surface area (Å²) in [7, 11) is 0. The largest absolute Gasteiger partial charge is 0.381 e. The van der Waals surface area contributed by atoms with E-state index in [9.17, 15) is 5.26 Å². The molecule has 224 valence electrons. The van der Waals surface area contributed by atoms with Gasteiger partial charge in [0.25, 0.3) is 0 Å². The van der Waals surface area contributed by atoms with E-state index in [-0.39, 0.29) is 12.1 Å². The Bertz CT molecular complexity index is 1320. The molecule has 0 spiro atoms. The first-order valence-corrected chi connectivity index (χ1v) is 15.3. The number of nitrogens with one attached hydrogen (secondary N) is 3. The van der Waals surface area contributed by atoms with Gasteiger partial charge in [0, 0.05) is 49.3 Å². The van der Waals surface area contributed by atoms with Crippen molar-refractivity contribution in [1.82, 2.24) is 35.9 Å². The number of nitriles is 1. The van der Waals surface area contributed by atoms with E-state index in [1.54, 1.807) is 6.20 Å². The van der Waals surface area contributed by atoms with Gasteiger partial charge >= 0.3 is 0 Å². The number of H-pyrrole nitrogens is 1. The molecule has 0 radical (unpaired) electrons. The van der Waals surface area contributed by atoms with Gasteiger partial charge in [-0.05, 0) is 82.9 Å². The van der Waals surface area contributed by atoms with Crippen LogP contribution in [0.5, 0.6) is 0 Å². The van der Waals surface area contributed by atoms with Crippen LogP contribution in [0.15, 0.2) is 30.5 Å². The normalized spacial score (nSPS) is 21.8. The number of anilines is 1. The second-order valence-electron chi connectivity index (χ2n) is 11.7. The molecule has 1 saturated carbocycles. The smallest absolute Gasteiger partial charge is 0.202 e. The molecule has 42 heavy (non-hydrogen) atoms. The van der Waals surface area contributed by atoms with Gasteiger partial charge in [0.15, 0.2) is 0 Å². The van der Waals surface area contributed by atoms with Gasteiger partial charge in [0.2, 0.25) is 5.82 Å². The Morgan fingerprint density at radius 2 is 2.02 bits per heavy atom. The third kappa shape index (κ3) is 8.01. The molecule has 11 nitrogen and oxygen atoms in total. The zero-order valence-corrected chi connectivity index (χ0v) is 25.1. The summed E-state index contributed by atoms with van der Waals surface area (Å²) < 4.78 is 11.4. The molecule has 2 fully saturated rings. The highest BCUT2D eigenvalue weighted by Crippen LogP contribution is 2.33. The van der Waals surface area contributed by atoms with E-state index < -0.39 is 5.41 Å². The molecular formula is C30H40ClN9O2. The third-order valence-corrected chi connectivity index (χ3v) is 8.72. The average Bonchev–Trinajstić information content (AvgIpc) is 3.57. The van der Waals surface area contributed by atoms with Gasteiger partial charge in [-0.3, -0.25) is 4.98 Å². The molecule has 1 saturated heterocycles. The predicted molar refractivity (Wildman–Crippen MR) is 160 cm³/mol. The number of aromatic amines is 1. The Balaban J connectivity index is 1.11. The second kappa shape index (κ2) is 14.3. The van der Waals surface area contributed by atoms with E-state index in [1.165, 1.54) is 0 Å². The number of tetrazole rings is 1. The molecule has 0 unspecified atom stereocenters. The Hall–Kier alpha value is -3.17. The number of ether oxygens (including phenoxy) is 2. The van der Waals surface area contributed by atoms with Crippen molar-refractivity contribution in [3.05, 3.63) is 47.0 Å². The minimum Gasteiger partial charge on any atom is -0.381 e. The number of nitrogens with zero attached hydrogens (tertiary/aromatic N) is 6. The number of rotatable bonds is 12. The number of halogens is 1. The number of pyridine rings is 2. The molecule has 3 aromatic heterocycles. The van der Waals surface area contributed by atoms with Gasteiger partial charge in [0.1, 0.15) is 11.9 Å². The lowest BCUT2D eigenvalue weighted by molar-refractivity contribution is 0.0432. The maximum Gasteiger partial charge on any atom is 0.202 e. The van der Waals surface area contributed by atoms with Crippen LogP contribution < -0.4 is 10.6 Å². The Morgan fingerprint density at radius 1 is 1.21 bits per heavy atom. The lowest BCUT2D eigenvalue weighted by Crippen LogP contribution is -2.41. The van der Waals surface area contributed by atoms with Crippen molar-refractivity contribution >= 4 is 17.4 Å². The maximum absolute atomic E-state index is 9.77. The molecule has 0 amide bonds. The molecule has 3 N–H and O–H groups in total. The zero-order valence-electron chi connectivity index (χ0n) is 24.4. The summed E-state index contributed by atoms with van der Waals surface area (Å²) in [4.78, 5) is 9.48. The average molecular weight is 594 g/mol. The number of hydrogen-bond donors (Lipinski definition) is 3. The van der Waals surface area contributed by atoms with E-state index in [0.717, 1.165) is 67.7 Å². The molecule has 3 aromatic rings. The van der Waals surface area contributed by atoms with Gasteiger partial charge < -0.3 is 20.1 Å². The fourth-order valence-corrected chi connectivity index (χ4v) is 6.01. The lowest BCUT2D eigenvalue weighted by atomic mass is 9.82. The highest BCUT2D eigenvalue weighted by atomic mass is 35.5. The summed E-state index contributed by atoms with van der Waals surface area (Å²) in [6, 6.07) is 11.2. The first-order valence-electron chi connectivity index (χ1n) is 14.9. The van der Waals surface area contributed by atoms with E-state index in [1.807, 2.05) is 25.1 Å². The fraction of sp³-hybridized carbons (Fsp3) is 0.600. The van der Waals surface area contributed by atoms with Crippen molar-refractivity contribution in [1.29, 1.82) is 5.26 Å². The quantitative estimate of drug-likeness (QED) is 0.265. The predicted octanol–water partition coefficient (Wildman–Crippen LogP) is 4.90. The van der Waals surface area contributed by atoms with Crippen LogP contribution >= 0.6 is 11.6 Å². The van der Waals surface area contributed by atoms with Crippen LogP contribution in [0, 0.1) is 22.7 Å². The SMILES string of the molecule is C[C@@H](CO[C@H](C)c1nn[nH]n1)NC1CCC(Cc2cc(-c3cccc(NCC4(C#N)CCOCC4)n3)c(Cl)cn2)CC1. The monoisotopic (exact) mass is 593 g/mol. The highest BCUT2D eigenvalue weighted by Gasteiger charge is 2.32. The summed E-state index contributed by atoms with van der Waals surface area (Å²) in [5.74, 6) is 1.88. The van der Waals surface area contributed by atoms with Gasteiger partial charge in [-0.2, -0.15) is 10.5 Å². The Kier molecular flexibility index (Phi) is 10.3. The maximum atomic E-state index is 9.77. The molecular weight excluding hydrogens is 554 g/mol. The van der Waals surface area contributed by atoms with Crippen LogP contribution in [0.2, 0.25) is 5.02 Å². The van der Waals surface area contributed by atoms with Crippen molar-refractivity contribution in [3.63, 3.8) is 0 Å². The van der Waals surface area contributed by atoms with Crippen molar-refractivity contribution in [2.24, 2.45) is 11.3 Å². The summed E-state index contributed by atoms with van der Waals surface area (Å²) in [6.45, 7) is 6.45. The van der Waals surface area contributed by atoms with Crippen molar-refractivity contribution in [2.45, 2.75) is 77.0 Å². The lowest BCUT2D eigenvalue weighted by Gasteiger charge is -2.31. The minimum absolute atomic E-state index is 0.192. The van der Waals surface area contributed by atoms with Crippen molar-refractivity contribution in [3.8, 4) is 17.3 Å². The molecule has 2 aliphatic rings. The van der Waals surface area contributed by atoms with Gasteiger partial charge in [-0.1, -0.05) is 22.9 Å². The molecule has 5 rings (SSSR count). The van der Waals surface area contributed by atoms with Crippen molar-refractivity contribution in [2.75, 3.05) is 31.7 Å². The molecule has 0 bridgehead atoms. The first-order chi connectivity index (χ1) is 20.4. The van der Waals surface area contributed by atoms with Gasteiger partial charge in [-0.15, -0.1) is 10.2 Å². The summed E-state index contributed by atoms with van der Waals surface area (Å²) >= 11 is 6.60. The molecule has 1 aliphatic carbocycles. The molecule has 12 heteroatoms. The van der Waals surface area contributed by atoms with Crippen LogP contribution in [0.4, 0.5) is 5.82 Å². The van der Waals surface area contributed by atoms with Crippen LogP contribution in [0.3, 0.4) is 0 Å². The highest BCUT2D eigenvalue weighted by molar-refractivity contribution is 6.33. The summed E-state index contributed by atoms with van der Waals surface area (Å²) in [5.41, 5.74) is 2.29. The standard InChI is InChI=1S/C30H40ClN9O2/c1-20(17-42-21(2)29-37-39-40-38-29)35-23-8-6-22(7-9-23)14-24-15-25(26(31)16-33-24)27-4-3-5-28(36-27)34-19-30(18-32)10-12-41-13-11-30/h3-5,15-16,20-23,35H,6-14,17,19H2,1-2H3,(H,34,36)(H,37,38,39,40)/t20-,21+,22?,23?/m0/s1. The van der Waals surface area contributed by atoms with E-state index in [0.29, 0.717) is 49.2 Å². The van der Waals surface area contributed by atoms with E-state index in [4.69, 9.17) is 26.1 Å². The molecule has 2 atom stereocenters. The third-order valence-electron chi connectivity index (χ3n) is 8.42. The summed E-state index contributed by atoms with van der Waals surface area (Å²) in [5, 5.41) is 31.5. The van der Waals surface area contributed by atoms with Gasteiger partial charge in [-0.25, -0.2) is 4.98 Å². The fourth-order valence-electron chi connectivity index (χ4n) is 5.81. The Labute approximate surface area is 252 Å². The molecule has 1 aliphatic heterocycles. The second-order valence-corrected chi connectivity index (χ2v) is 12.1. The van der Waals surface area contributed by atoms with E-state index in [2.05, 4.69) is 55.3 Å².